The Morgan fingerprint density at radius 3 is 2.40 bits per heavy atom. The molecule has 0 aliphatic rings. The maximum atomic E-state index is 9.06. The van der Waals surface area contributed by atoms with E-state index in [4.69, 9.17) is 14.6 Å². The molecular weight excluding hydrogens is 132 g/mol. The van der Waals surface area contributed by atoms with Crippen LogP contribution in [0.3, 0.4) is 0 Å². The summed E-state index contributed by atoms with van der Waals surface area (Å²) in [6, 6.07) is 0. The highest BCUT2D eigenvalue weighted by Gasteiger charge is 2.11. The van der Waals surface area contributed by atoms with Crippen LogP contribution in [0.5, 0.6) is 0 Å². The molecule has 0 spiro atoms. The minimum absolute atomic E-state index is 0.0973. The van der Waals surface area contributed by atoms with Gasteiger partial charge in [-0.15, -0.1) is 0 Å². The molecule has 0 heterocycles. The molecule has 0 rings (SSSR count). The standard InChI is InChI=1S/C7H16O3/c1-4-7(6(2)8)10-5-9-3/h6-8H,4-5H2,1-3H3/t6?,7-/m1/s1. The molecule has 0 aliphatic heterocycles. The summed E-state index contributed by atoms with van der Waals surface area (Å²) in [6.45, 7) is 3.93. The lowest BCUT2D eigenvalue weighted by Gasteiger charge is -2.17. The van der Waals surface area contributed by atoms with E-state index in [-0.39, 0.29) is 12.9 Å². The molecule has 0 fully saturated rings. The Hall–Kier alpha value is -0.120. The molecule has 0 bridgehead atoms. The molecule has 3 nitrogen and oxygen atoms in total. The van der Waals surface area contributed by atoms with Gasteiger partial charge in [-0.2, -0.15) is 0 Å². The summed E-state index contributed by atoms with van der Waals surface area (Å²) in [4.78, 5) is 0. The van der Waals surface area contributed by atoms with E-state index in [2.05, 4.69) is 0 Å². The molecule has 0 aromatic rings. The fraction of sp³-hybridized carbons (Fsp3) is 1.00. The van der Waals surface area contributed by atoms with E-state index in [0.29, 0.717) is 0 Å². The second-order valence-corrected chi connectivity index (χ2v) is 2.26. The molecular formula is C7H16O3. The van der Waals surface area contributed by atoms with Crippen LogP contribution in [0.25, 0.3) is 0 Å². The Labute approximate surface area is 62.0 Å². The third kappa shape index (κ3) is 3.82. The van der Waals surface area contributed by atoms with Crippen molar-refractivity contribution in [3.8, 4) is 0 Å². The zero-order valence-corrected chi connectivity index (χ0v) is 6.83. The smallest absolute Gasteiger partial charge is 0.146 e. The van der Waals surface area contributed by atoms with Crippen LogP contribution in [0.15, 0.2) is 0 Å². The molecule has 2 atom stereocenters. The largest absolute Gasteiger partial charge is 0.391 e. The Morgan fingerprint density at radius 2 is 2.10 bits per heavy atom. The van der Waals surface area contributed by atoms with Gasteiger partial charge in [-0.3, -0.25) is 0 Å². The van der Waals surface area contributed by atoms with Crippen LogP contribution in [-0.2, 0) is 9.47 Å². The predicted molar refractivity (Wildman–Crippen MR) is 38.7 cm³/mol. The van der Waals surface area contributed by atoms with Gasteiger partial charge in [0.25, 0.3) is 0 Å². The summed E-state index contributed by atoms with van der Waals surface area (Å²) in [6.07, 6.45) is 0.293. The van der Waals surface area contributed by atoms with Gasteiger partial charge >= 0.3 is 0 Å². The van der Waals surface area contributed by atoms with E-state index in [1.54, 1.807) is 14.0 Å². The molecule has 0 amide bonds. The van der Waals surface area contributed by atoms with E-state index in [0.717, 1.165) is 6.42 Å². The van der Waals surface area contributed by atoms with Crippen LogP contribution < -0.4 is 0 Å². The van der Waals surface area contributed by atoms with E-state index >= 15 is 0 Å². The lowest BCUT2D eigenvalue weighted by Crippen LogP contribution is -2.26. The van der Waals surface area contributed by atoms with Gasteiger partial charge in [-0.25, -0.2) is 0 Å². The van der Waals surface area contributed by atoms with Crippen molar-refractivity contribution in [1.82, 2.24) is 0 Å². The lowest BCUT2D eigenvalue weighted by molar-refractivity contribution is -0.109. The Balaban J connectivity index is 3.40. The zero-order valence-electron chi connectivity index (χ0n) is 6.83. The first-order valence-electron chi connectivity index (χ1n) is 3.51. The summed E-state index contributed by atoms with van der Waals surface area (Å²) < 4.78 is 9.82. The van der Waals surface area contributed by atoms with Crippen molar-refractivity contribution < 1.29 is 14.6 Å². The number of hydrogen-bond donors (Lipinski definition) is 1. The van der Waals surface area contributed by atoms with Gasteiger partial charge in [0, 0.05) is 7.11 Å². The fourth-order valence-electron chi connectivity index (χ4n) is 0.754. The molecule has 0 radical (unpaired) electrons. The van der Waals surface area contributed by atoms with Gasteiger partial charge in [-0.1, -0.05) is 6.92 Å². The van der Waals surface area contributed by atoms with E-state index in [9.17, 15) is 0 Å². The summed E-state index contributed by atoms with van der Waals surface area (Å²) >= 11 is 0. The van der Waals surface area contributed by atoms with Crippen molar-refractivity contribution >= 4 is 0 Å². The van der Waals surface area contributed by atoms with Crippen molar-refractivity contribution in [1.29, 1.82) is 0 Å². The van der Waals surface area contributed by atoms with E-state index in [1.165, 1.54) is 0 Å². The molecule has 0 aliphatic carbocycles. The number of hydrogen-bond acceptors (Lipinski definition) is 3. The number of rotatable bonds is 5. The first kappa shape index (κ1) is 9.88. The van der Waals surface area contributed by atoms with Crippen LogP contribution >= 0.6 is 0 Å². The normalized spacial score (nSPS) is 16.8. The van der Waals surface area contributed by atoms with Gasteiger partial charge in [0.05, 0.1) is 12.2 Å². The number of aliphatic hydroxyl groups excluding tert-OH is 1. The van der Waals surface area contributed by atoms with Gasteiger partial charge in [-0.05, 0) is 13.3 Å². The highest BCUT2D eigenvalue weighted by Crippen LogP contribution is 2.02. The summed E-state index contributed by atoms with van der Waals surface area (Å²) in [7, 11) is 1.56. The lowest BCUT2D eigenvalue weighted by atomic mass is 10.2. The van der Waals surface area contributed by atoms with Crippen molar-refractivity contribution in [3.05, 3.63) is 0 Å². The second-order valence-electron chi connectivity index (χ2n) is 2.26. The summed E-state index contributed by atoms with van der Waals surface area (Å²) in [5.74, 6) is 0. The number of ether oxygens (including phenoxy) is 2. The van der Waals surface area contributed by atoms with Gasteiger partial charge in [0.1, 0.15) is 6.79 Å². The molecule has 1 unspecified atom stereocenters. The number of aliphatic hydroxyl groups is 1. The van der Waals surface area contributed by atoms with Crippen molar-refractivity contribution in [2.75, 3.05) is 13.9 Å². The monoisotopic (exact) mass is 148 g/mol. The predicted octanol–water partition coefficient (Wildman–Crippen LogP) is 0.766. The minimum Gasteiger partial charge on any atom is -0.391 e. The Kier molecular flexibility index (Phi) is 5.58. The molecule has 62 valence electrons. The van der Waals surface area contributed by atoms with E-state index in [1.807, 2.05) is 6.92 Å². The van der Waals surface area contributed by atoms with Gasteiger partial charge in [0.2, 0.25) is 0 Å². The van der Waals surface area contributed by atoms with Gasteiger partial charge in [0.15, 0.2) is 0 Å². The molecule has 0 saturated carbocycles. The van der Waals surface area contributed by atoms with E-state index < -0.39 is 6.10 Å². The van der Waals surface area contributed by atoms with Crippen molar-refractivity contribution in [2.24, 2.45) is 0 Å². The molecule has 0 aromatic heterocycles. The van der Waals surface area contributed by atoms with Crippen molar-refractivity contribution in [3.63, 3.8) is 0 Å². The highest BCUT2D eigenvalue weighted by atomic mass is 16.7. The first-order valence-corrected chi connectivity index (χ1v) is 3.51. The summed E-state index contributed by atoms with van der Waals surface area (Å²) in [5, 5.41) is 9.06. The number of methoxy groups -OCH3 is 1. The average molecular weight is 148 g/mol. The topological polar surface area (TPSA) is 38.7 Å². The molecule has 3 heteroatoms. The SMILES string of the molecule is CC[C@@H](OCOC)C(C)O. The van der Waals surface area contributed by atoms with Crippen LogP contribution in [0, 0.1) is 0 Å². The Morgan fingerprint density at radius 1 is 1.50 bits per heavy atom. The summed E-state index contributed by atoms with van der Waals surface area (Å²) in [5.41, 5.74) is 0. The third-order valence-corrected chi connectivity index (χ3v) is 1.34. The van der Waals surface area contributed by atoms with Crippen LogP contribution in [0.2, 0.25) is 0 Å². The molecule has 0 saturated heterocycles. The first-order chi connectivity index (χ1) is 4.72. The zero-order chi connectivity index (χ0) is 7.98. The molecule has 1 N–H and O–H groups in total. The quantitative estimate of drug-likeness (QED) is 0.585. The molecule has 0 aromatic carbocycles. The highest BCUT2D eigenvalue weighted by molar-refractivity contribution is 4.60. The average Bonchev–Trinajstić information content (AvgIpc) is 1.89. The third-order valence-electron chi connectivity index (χ3n) is 1.34. The maximum Gasteiger partial charge on any atom is 0.146 e. The fourth-order valence-corrected chi connectivity index (χ4v) is 0.754. The second kappa shape index (κ2) is 5.65. The Bertz CT molecular complexity index is 73.3. The maximum absolute atomic E-state index is 9.06. The minimum atomic E-state index is -0.417. The van der Waals surface area contributed by atoms with Crippen LogP contribution in [0.4, 0.5) is 0 Å². The van der Waals surface area contributed by atoms with Crippen LogP contribution in [0.1, 0.15) is 20.3 Å². The molecule has 10 heavy (non-hydrogen) atoms. The van der Waals surface area contributed by atoms with Crippen LogP contribution in [-0.4, -0.2) is 31.2 Å². The van der Waals surface area contributed by atoms with Crippen molar-refractivity contribution in [2.45, 2.75) is 32.5 Å². The van der Waals surface area contributed by atoms with Gasteiger partial charge < -0.3 is 14.6 Å².